The third kappa shape index (κ3) is 5.54. The van der Waals surface area contributed by atoms with Crippen LogP contribution in [-0.4, -0.2) is 42.3 Å². The molecule has 0 aliphatic rings. The monoisotopic (exact) mass is 407 g/mol. The van der Waals surface area contributed by atoms with Crippen LogP contribution < -0.4 is 10.6 Å². The topological polar surface area (TPSA) is 102 Å². The van der Waals surface area contributed by atoms with Crippen molar-refractivity contribution in [2.75, 3.05) is 20.2 Å². The van der Waals surface area contributed by atoms with Gasteiger partial charge < -0.3 is 19.9 Å². The first-order valence-electron chi connectivity index (χ1n) is 9.40. The van der Waals surface area contributed by atoms with Gasteiger partial charge in [-0.1, -0.05) is 5.16 Å². The van der Waals surface area contributed by atoms with E-state index < -0.39 is 0 Å². The smallest absolute Gasteiger partial charge is 0.350 e. The average Bonchev–Trinajstić information content (AvgIpc) is 3.20. The highest BCUT2D eigenvalue weighted by Crippen LogP contribution is 2.24. The van der Waals surface area contributed by atoms with E-state index in [0.29, 0.717) is 23.1 Å². The van der Waals surface area contributed by atoms with E-state index in [9.17, 15) is 4.79 Å². The normalized spacial score (nSPS) is 12.7. The second kappa shape index (κ2) is 10.2. The van der Waals surface area contributed by atoms with Crippen LogP contribution in [0.3, 0.4) is 0 Å². The van der Waals surface area contributed by atoms with Gasteiger partial charge in [-0.05, 0) is 47.5 Å². The Morgan fingerprint density at radius 3 is 2.68 bits per heavy atom. The third-order valence-corrected chi connectivity index (χ3v) is 5.62. The molecule has 2 heterocycles. The minimum Gasteiger partial charge on any atom is -0.462 e. The summed E-state index contributed by atoms with van der Waals surface area (Å²) < 4.78 is 10.3. The Labute approximate surface area is 169 Å². The molecular weight excluding hydrogens is 378 g/mol. The number of thiazole rings is 1. The van der Waals surface area contributed by atoms with Crippen molar-refractivity contribution in [3.05, 3.63) is 32.6 Å². The summed E-state index contributed by atoms with van der Waals surface area (Å²) >= 11 is 1.35. The first-order valence-corrected chi connectivity index (χ1v) is 10.2. The number of hydrogen-bond acceptors (Lipinski definition) is 7. The fourth-order valence-corrected chi connectivity index (χ4v) is 3.74. The standard InChI is InChI=1S/C19H29N5O3S/c1-7-26-18(25)16-12(3)22-17(28-16)13(4)23-19(20-6)21-10-8-9-15-11(2)24-27-14(15)5/h13H,7-10H2,1-6H3,(H2,20,21,23). The number of carbonyl (C=O) groups excluding carboxylic acids is 1. The Bertz CT molecular complexity index is 808. The van der Waals surface area contributed by atoms with Crippen LogP contribution in [0.5, 0.6) is 0 Å². The van der Waals surface area contributed by atoms with Crippen LogP contribution >= 0.6 is 11.3 Å². The number of esters is 1. The number of aryl methyl sites for hydroxylation is 3. The molecule has 0 radical (unpaired) electrons. The van der Waals surface area contributed by atoms with Crippen LogP contribution in [0.25, 0.3) is 0 Å². The highest BCUT2D eigenvalue weighted by atomic mass is 32.1. The maximum Gasteiger partial charge on any atom is 0.350 e. The van der Waals surface area contributed by atoms with E-state index >= 15 is 0 Å². The summed E-state index contributed by atoms with van der Waals surface area (Å²) in [6, 6.07) is -0.0827. The highest BCUT2D eigenvalue weighted by Gasteiger charge is 2.20. The van der Waals surface area contributed by atoms with Gasteiger partial charge in [-0.15, -0.1) is 11.3 Å². The second-order valence-electron chi connectivity index (χ2n) is 6.46. The summed E-state index contributed by atoms with van der Waals surface area (Å²) in [5.41, 5.74) is 2.81. The molecule has 0 aliphatic heterocycles. The van der Waals surface area contributed by atoms with Gasteiger partial charge in [-0.25, -0.2) is 9.78 Å². The lowest BCUT2D eigenvalue weighted by molar-refractivity contribution is 0.0531. The van der Waals surface area contributed by atoms with Crippen molar-refractivity contribution < 1.29 is 14.1 Å². The number of aliphatic imine (C=N–C) groups is 1. The maximum absolute atomic E-state index is 12.0. The lowest BCUT2D eigenvalue weighted by Gasteiger charge is -2.16. The van der Waals surface area contributed by atoms with Crippen LogP contribution in [-0.2, 0) is 11.2 Å². The maximum atomic E-state index is 12.0. The van der Waals surface area contributed by atoms with Crippen LogP contribution in [0.2, 0.25) is 0 Å². The molecule has 0 saturated carbocycles. The number of hydrogen-bond donors (Lipinski definition) is 2. The van der Waals surface area contributed by atoms with Crippen molar-refractivity contribution in [3.8, 4) is 0 Å². The van der Waals surface area contributed by atoms with Crippen molar-refractivity contribution in [1.82, 2.24) is 20.8 Å². The predicted molar refractivity (Wildman–Crippen MR) is 110 cm³/mol. The number of nitrogens with zero attached hydrogens (tertiary/aromatic N) is 3. The van der Waals surface area contributed by atoms with E-state index in [1.54, 1.807) is 14.0 Å². The van der Waals surface area contributed by atoms with E-state index in [1.165, 1.54) is 16.9 Å². The van der Waals surface area contributed by atoms with Gasteiger partial charge in [0.25, 0.3) is 0 Å². The number of carbonyl (C=O) groups is 1. The van der Waals surface area contributed by atoms with Crippen molar-refractivity contribution >= 4 is 23.3 Å². The number of rotatable bonds is 8. The van der Waals surface area contributed by atoms with Gasteiger partial charge >= 0.3 is 5.97 Å². The zero-order valence-electron chi connectivity index (χ0n) is 17.4. The Balaban J connectivity index is 1.87. The van der Waals surface area contributed by atoms with Gasteiger partial charge in [0.2, 0.25) is 0 Å². The van der Waals surface area contributed by atoms with Crippen LogP contribution in [0.1, 0.15) is 63.7 Å². The van der Waals surface area contributed by atoms with Crippen molar-refractivity contribution in [3.63, 3.8) is 0 Å². The van der Waals surface area contributed by atoms with Gasteiger partial charge in [0.05, 0.1) is 24.0 Å². The Morgan fingerprint density at radius 1 is 1.32 bits per heavy atom. The van der Waals surface area contributed by atoms with E-state index in [1.807, 2.05) is 27.7 Å². The SMILES string of the molecule is CCOC(=O)c1sc(C(C)NC(=NC)NCCCc2c(C)noc2C)nc1C. The summed E-state index contributed by atoms with van der Waals surface area (Å²) in [6.45, 7) is 10.6. The van der Waals surface area contributed by atoms with Crippen molar-refractivity contribution in [1.29, 1.82) is 0 Å². The predicted octanol–water partition coefficient (Wildman–Crippen LogP) is 3.09. The number of guanidine groups is 1. The Morgan fingerprint density at radius 2 is 2.07 bits per heavy atom. The zero-order valence-corrected chi connectivity index (χ0v) is 18.2. The molecule has 0 fully saturated rings. The van der Waals surface area contributed by atoms with Crippen LogP contribution in [0, 0.1) is 20.8 Å². The molecule has 0 bridgehead atoms. The molecule has 1 unspecified atom stereocenters. The molecule has 0 saturated heterocycles. The summed E-state index contributed by atoms with van der Waals surface area (Å²) in [7, 11) is 1.73. The van der Waals surface area contributed by atoms with Crippen molar-refractivity contribution in [2.45, 2.75) is 53.5 Å². The lowest BCUT2D eigenvalue weighted by atomic mass is 10.1. The lowest BCUT2D eigenvalue weighted by Crippen LogP contribution is -2.39. The van der Waals surface area contributed by atoms with Crippen molar-refractivity contribution in [2.24, 2.45) is 4.99 Å². The van der Waals surface area contributed by atoms with E-state index in [2.05, 4.69) is 25.8 Å². The average molecular weight is 408 g/mol. The van der Waals surface area contributed by atoms with Gasteiger partial charge in [-0.2, -0.15) is 0 Å². The molecule has 0 amide bonds. The first kappa shape index (κ1) is 21.9. The van der Waals surface area contributed by atoms with Crippen LogP contribution in [0.4, 0.5) is 0 Å². The second-order valence-corrected chi connectivity index (χ2v) is 7.49. The summed E-state index contributed by atoms with van der Waals surface area (Å²) in [6.07, 6.45) is 1.83. The fraction of sp³-hybridized carbons (Fsp3) is 0.579. The quantitative estimate of drug-likeness (QED) is 0.300. The highest BCUT2D eigenvalue weighted by molar-refractivity contribution is 7.13. The molecule has 0 aliphatic carbocycles. The Kier molecular flexibility index (Phi) is 7.98. The zero-order chi connectivity index (χ0) is 20.7. The van der Waals surface area contributed by atoms with Crippen LogP contribution in [0.15, 0.2) is 9.52 Å². The number of ether oxygens (including phenoxy) is 1. The van der Waals surface area contributed by atoms with Gasteiger partial charge in [-0.3, -0.25) is 4.99 Å². The molecule has 2 N–H and O–H groups in total. The summed E-state index contributed by atoms with van der Waals surface area (Å²) in [4.78, 5) is 21.3. The van der Waals surface area contributed by atoms with E-state index in [0.717, 1.165) is 35.8 Å². The molecule has 154 valence electrons. The summed E-state index contributed by atoms with van der Waals surface area (Å²) in [5, 5.41) is 11.4. The molecule has 28 heavy (non-hydrogen) atoms. The summed E-state index contributed by atoms with van der Waals surface area (Å²) in [5.74, 6) is 1.25. The van der Waals surface area contributed by atoms with Gasteiger partial charge in [0, 0.05) is 19.2 Å². The molecule has 0 spiro atoms. The van der Waals surface area contributed by atoms with E-state index in [-0.39, 0.29) is 12.0 Å². The van der Waals surface area contributed by atoms with E-state index in [4.69, 9.17) is 9.26 Å². The first-order chi connectivity index (χ1) is 13.4. The number of aromatic nitrogens is 2. The van der Waals surface area contributed by atoms with Gasteiger partial charge in [0.1, 0.15) is 15.6 Å². The molecule has 1 atom stereocenters. The third-order valence-electron chi connectivity index (χ3n) is 4.30. The van der Waals surface area contributed by atoms with Gasteiger partial charge in [0.15, 0.2) is 5.96 Å². The molecule has 0 aromatic carbocycles. The molecule has 2 rings (SSSR count). The molecule has 8 nitrogen and oxygen atoms in total. The molecule has 2 aromatic rings. The molecule has 2 aromatic heterocycles. The minimum absolute atomic E-state index is 0.0827. The Hall–Kier alpha value is -2.42. The largest absolute Gasteiger partial charge is 0.462 e. The number of nitrogens with one attached hydrogen (secondary N) is 2. The minimum atomic E-state index is -0.321. The fourth-order valence-electron chi connectivity index (χ4n) is 2.78. The molecule has 9 heteroatoms. The molecular formula is C19H29N5O3S.